The van der Waals surface area contributed by atoms with E-state index in [-0.39, 0.29) is 0 Å². The standard InChI is InChI=1S/C11H14N4O/c1-2-8-3-4-9(12-6-8)5-10(16)11-13-7-14-15-11/h3-4,6-7,10,16H,2,5H2,1H3,(H,13,14,15). The maximum atomic E-state index is 9.82. The number of aliphatic hydroxyl groups excluding tert-OH is 1. The molecule has 0 aromatic carbocycles. The molecule has 0 aliphatic rings. The Balaban J connectivity index is 2.03. The van der Waals surface area contributed by atoms with Crippen LogP contribution in [0.5, 0.6) is 0 Å². The van der Waals surface area contributed by atoms with E-state index in [1.807, 2.05) is 18.3 Å². The van der Waals surface area contributed by atoms with Crippen molar-refractivity contribution < 1.29 is 5.11 Å². The van der Waals surface area contributed by atoms with E-state index in [0.717, 1.165) is 12.1 Å². The van der Waals surface area contributed by atoms with Crippen molar-refractivity contribution in [3.8, 4) is 0 Å². The fourth-order valence-corrected chi connectivity index (χ4v) is 1.46. The Hall–Kier alpha value is -1.75. The molecule has 2 heterocycles. The summed E-state index contributed by atoms with van der Waals surface area (Å²) in [6, 6.07) is 3.95. The maximum Gasteiger partial charge on any atom is 0.153 e. The quantitative estimate of drug-likeness (QED) is 0.804. The molecule has 0 amide bonds. The van der Waals surface area contributed by atoms with Gasteiger partial charge in [0.25, 0.3) is 0 Å². The first-order valence-corrected chi connectivity index (χ1v) is 5.26. The Morgan fingerprint density at radius 2 is 2.25 bits per heavy atom. The molecule has 1 unspecified atom stereocenters. The van der Waals surface area contributed by atoms with Crippen LogP contribution in [0.4, 0.5) is 0 Å². The minimum atomic E-state index is -0.678. The van der Waals surface area contributed by atoms with Crippen LogP contribution in [0, 0.1) is 0 Å². The number of aromatic nitrogens is 4. The molecule has 2 aromatic heterocycles. The molecule has 2 aromatic rings. The Kier molecular flexibility index (Phi) is 3.26. The van der Waals surface area contributed by atoms with Crippen molar-refractivity contribution in [3.63, 3.8) is 0 Å². The van der Waals surface area contributed by atoms with Crippen LogP contribution >= 0.6 is 0 Å². The molecular weight excluding hydrogens is 204 g/mol. The number of nitrogens with zero attached hydrogens (tertiary/aromatic N) is 3. The third kappa shape index (κ3) is 2.43. The van der Waals surface area contributed by atoms with Gasteiger partial charge >= 0.3 is 0 Å². The van der Waals surface area contributed by atoms with E-state index in [1.165, 1.54) is 11.9 Å². The second-order valence-corrected chi connectivity index (χ2v) is 3.60. The molecule has 0 aliphatic heterocycles. The average molecular weight is 218 g/mol. The Morgan fingerprint density at radius 3 is 2.81 bits per heavy atom. The Bertz CT molecular complexity index is 424. The number of rotatable bonds is 4. The van der Waals surface area contributed by atoms with Gasteiger partial charge in [0.15, 0.2) is 5.82 Å². The molecule has 0 fully saturated rings. The average Bonchev–Trinajstić information content (AvgIpc) is 2.83. The lowest BCUT2D eigenvalue weighted by atomic mass is 10.1. The third-order valence-electron chi connectivity index (χ3n) is 2.45. The van der Waals surface area contributed by atoms with E-state index in [9.17, 15) is 5.11 Å². The van der Waals surface area contributed by atoms with Gasteiger partial charge in [-0.1, -0.05) is 13.0 Å². The number of pyridine rings is 1. The van der Waals surface area contributed by atoms with Gasteiger partial charge in [-0.15, -0.1) is 0 Å². The van der Waals surface area contributed by atoms with Gasteiger partial charge in [-0.05, 0) is 18.1 Å². The first-order chi connectivity index (χ1) is 7.79. The first kappa shape index (κ1) is 10.8. The zero-order chi connectivity index (χ0) is 11.4. The Labute approximate surface area is 93.6 Å². The van der Waals surface area contributed by atoms with E-state index >= 15 is 0 Å². The van der Waals surface area contributed by atoms with Crippen LogP contribution in [0.25, 0.3) is 0 Å². The summed E-state index contributed by atoms with van der Waals surface area (Å²) < 4.78 is 0. The number of hydrogen-bond donors (Lipinski definition) is 2. The summed E-state index contributed by atoms with van der Waals surface area (Å²) in [6.07, 6.45) is 3.95. The highest BCUT2D eigenvalue weighted by atomic mass is 16.3. The molecule has 2 rings (SSSR count). The summed E-state index contributed by atoms with van der Waals surface area (Å²) in [7, 11) is 0. The monoisotopic (exact) mass is 218 g/mol. The van der Waals surface area contributed by atoms with Crippen LogP contribution in [0.15, 0.2) is 24.7 Å². The summed E-state index contributed by atoms with van der Waals surface area (Å²) in [4.78, 5) is 8.18. The summed E-state index contributed by atoms with van der Waals surface area (Å²) >= 11 is 0. The highest BCUT2D eigenvalue weighted by Gasteiger charge is 2.11. The molecule has 1 atom stereocenters. The first-order valence-electron chi connectivity index (χ1n) is 5.26. The van der Waals surface area contributed by atoms with E-state index in [4.69, 9.17) is 0 Å². The molecule has 0 saturated carbocycles. The topological polar surface area (TPSA) is 74.7 Å². The largest absolute Gasteiger partial charge is 0.385 e. The summed E-state index contributed by atoms with van der Waals surface area (Å²) in [5, 5.41) is 16.2. The predicted molar refractivity (Wildman–Crippen MR) is 58.7 cm³/mol. The predicted octanol–water partition coefficient (Wildman–Crippen LogP) is 1.04. The van der Waals surface area contributed by atoms with Gasteiger partial charge in [0.2, 0.25) is 0 Å². The van der Waals surface area contributed by atoms with Gasteiger partial charge in [-0.3, -0.25) is 10.1 Å². The number of hydrogen-bond acceptors (Lipinski definition) is 4. The van der Waals surface area contributed by atoms with Crippen LogP contribution in [0.1, 0.15) is 30.1 Å². The third-order valence-corrected chi connectivity index (χ3v) is 2.45. The van der Waals surface area contributed by atoms with E-state index < -0.39 is 6.10 Å². The van der Waals surface area contributed by atoms with E-state index in [2.05, 4.69) is 27.1 Å². The highest BCUT2D eigenvalue weighted by Crippen LogP contribution is 2.12. The number of aliphatic hydroxyl groups is 1. The molecule has 5 nitrogen and oxygen atoms in total. The molecule has 0 radical (unpaired) electrons. The van der Waals surface area contributed by atoms with Gasteiger partial charge < -0.3 is 5.11 Å². The maximum absolute atomic E-state index is 9.82. The van der Waals surface area contributed by atoms with Crippen molar-refractivity contribution >= 4 is 0 Å². The van der Waals surface area contributed by atoms with E-state index in [1.54, 1.807) is 0 Å². The summed E-state index contributed by atoms with van der Waals surface area (Å²) in [5.74, 6) is 0.473. The lowest BCUT2D eigenvalue weighted by molar-refractivity contribution is 0.167. The molecule has 16 heavy (non-hydrogen) atoms. The molecule has 0 spiro atoms. The molecule has 0 aliphatic carbocycles. The van der Waals surface area contributed by atoms with Crippen molar-refractivity contribution in [2.24, 2.45) is 0 Å². The smallest absolute Gasteiger partial charge is 0.153 e. The second kappa shape index (κ2) is 4.85. The molecule has 0 bridgehead atoms. The molecular formula is C11H14N4O. The number of H-pyrrole nitrogens is 1. The molecule has 2 N–H and O–H groups in total. The SMILES string of the molecule is CCc1ccc(CC(O)c2ncn[nH]2)nc1. The van der Waals surface area contributed by atoms with Gasteiger partial charge in [0.05, 0.1) is 0 Å². The van der Waals surface area contributed by atoms with Gasteiger partial charge in [-0.2, -0.15) is 5.10 Å². The van der Waals surface area contributed by atoms with Crippen molar-refractivity contribution in [2.75, 3.05) is 0 Å². The van der Waals surface area contributed by atoms with Crippen molar-refractivity contribution in [3.05, 3.63) is 41.7 Å². The summed E-state index contributed by atoms with van der Waals surface area (Å²) in [6.45, 7) is 2.08. The van der Waals surface area contributed by atoms with Crippen LogP contribution in [0.3, 0.4) is 0 Å². The van der Waals surface area contributed by atoms with Crippen molar-refractivity contribution in [2.45, 2.75) is 25.9 Å². The number of aryl methyl sites for hydroxylation is 1. The minimum Gasteiger partial charge on any atom is -0.385 e. The fraction of sp³-hybridized carbons (Fsp3) is 0.364. The lowest BCUT2D eigenvalue weighted by Crippen LogP contribution is -2.05. The van der Waals surface area contributed by atoms with Gasteiger partial charge in [0.1, 0.15) is 12.4 Å². The Morgan fingerprint density at radius 1 is 1.38 bits per heavy atom. The van der Waals surface area contributed by atoms with Crippen LogP contribution in [-0.4, -0.2) is 25.3 Å². The number of aromatic amines is 1. The van der Waals surface area contributed by atoms with Crippen molar-refractivity contribution in [1.29, 1.82) is 0 Å². The second-order valence-electron chi connectivity index (χ2n) is 3.60. The molecule has 0 saturated heterocycles. The summed E-state index contributed by atoms with van der Waals surface area (Å²) in [5.41, 5.74) is 2.04. The van der Waals surface area contributed by atoms with E-state index in [0.29, 0.717) is 12.2 Å². The minimum absolute atomic E-state index is 0.444. The highest BCUT2D eigenvalue weighted by molar-refractivity contribution is 5.15. The van der Waals surface area contributed by atoms with Gasteiger partial charge in [0, 0.05) is 18.3 Å². The molecule has 5 heteroatoms. The molecule has 84 valence electrons. The zero-order valence-electron chi connectivity index (χ0n) is 9.09. The van der Waals surface area contributed by atoms with Crippen LogP contribution in [0.2, 0.25) is 0 Å². The lowest BCUT2D eigenvalue weighted by Gasteiger charge is -2.06. The van der Waals surface area contributed by atoms with Crippen LogP contribution < -0.4 is 0 Å². The fourth-order valence-electron chi connectivity index (χ4n) is 1.46. The normalized spacial score (nSPS) is 12.6. The number of nitrogens with one attached hydrogen (secondary N) is 1. The van der Waals surface area contributed by atoms with Crippen molar-refractivity contribution in [1.82, 2.24) is 20.2 Å². The van der Waals surface area contributed by atoms with Crippen LogP contribution in [-0.2, 0) is 12.8 Å². The van der Waals surface area contributed by atoms with Gasteiger partial charge in [-0.25, -0.2) is 4.98 Å². The zero-order valence-corrected chi connectivity index (χ0v) is 9.09.